The molecular weight excluding hydrogens is 250 g/mol. The molecule has 2 aromatic rings. The SMILES string of the molecule is CC(C(=O)O)c1ccccc1.CC(N)c1ccccc1. The third kappa shape index (κ3) is 5.24. The zero-order valence-corrected chi connectivity index (χ0v) is 11.9. The lowest BCUT2D eigenvalue weighted by Gasteiger charge is -2.04. The summed E-state index contributed by atoms with van der Waals surface area (Å²) in [6.45, 7) is 3.66. The maximum absolute atomic E-state index is 10.5. The molecule has 0 saturated heterocycles. The number of benzene rings is 2. The highest BCUT2D eigenvalue weighted by molar-refractivity contribution is 5.75. The van der Waals surface area contributed by atoms with Gasteiger partial charge in [-0.1, -0.05) is 60.7 Å². The molecule has 3 heteroatoms. The number of rotatable bonds is 3. The number of carboxylic acids is 1. The van der Waals surface area contributed by atoms with Gasteiger partial charge in [-0.3, -0.25) is 4.79 Å². The van der Waals surface area contributed by atoms with Gasteiger partial charge in [-0.05, 0) is 25.0 Å². The van der Waals surface area contributed by atoms with E-state index in [-0.39, 0.29) is 6.04 Å². The van der Waals surface area contributed by atoms with E-state index in [9.17, 15) is 4.79 Å². The molecule has 0 aliphatic rings. The molecule has 0 aliphatic heterocycles. The van der Waals surface area contributed by atoms with Crippen LogP contribution in [0.25, 0.3) is 0 Å². The van der Waals surface area contributed by atoms with Crippen LogP contribution in [0.15, 0.2) is 60.7 Å². The van der Waals surface area contributed by atoms with Crippen molar-refractivity contribution in [1.82, 2.24) is 0 Å². The smallest absolute Gasteiger partial charge is 0.310 e. The molecule has 0 amide bonds. The molecule has 2 unspecified atom stereocenters. The fraction of sp³-hybridized carbons (Fsp3) is 0.235. The van der Waals surface area contributed by atoms with Crippen molar-refractivity contribution in [2.45, 2.75) is 25.8 Å². The first-order valence-corrected chi connectivity index (χ1v) is 6.60. The van der Waals surface area contributed by atoms with Gasteiger partial charge >= 0.3 is 5.97 Å². The minimum absolute atomic E-state index is 0.159. The maximum Gasteiger partial charge on any atom is 0.310 e. The van der Waals surface area contributed by atoms with Crippen LogP contribution < -0.4 is 5.73 Å². The summed E-state index contributed by atoms with van der Waals surface area (Å²) < 4.78 is 0. The van der Waals surface area contributed by atoms with Gasteiger partial charge in [0.25, 0.3) is 0 Å². The topological polar surface area (TPSA) is 63.3 Å². The highest BCUT2D eigenvalue weighted by atomic mass is 16.4. The van der Waals surface area contributed by atoms with E-state index in [0.717, 1.165) is 5.56 Å². The Kier molecular flexibility index (Phi) is 6.47. The van der Waals surface area contributed by atoms with Crippen LogP contribution in [-0.2, 0) is 4.79 Å². The highest BCUT2D eigenvalue weighted by Gasteiger charge is 2.11. The zero-order valence-electron chi connectivity index (χ0n) is 11.9. The molecule has 3 N–H and O–H groups in total. The standard InChI is InChI=1S/C9H10O2.C8H11N/c1-7(9(10)11)8-5-3-2-4-6-8;1-7(9)8-5-3-2-4-6-8/h2-7H,1H3,(H,10,11);2-7H,9H2,1H3. The third-order valence-electron chi connectivity index (χ3n) is 3.00. The van der Waals surface area contributed by atoms with E-state index >= 15 is 0 Å². The Labute approximate surface area is 120 Å². The normalized spacial score (nSPS) is 12.8. The number of carboxylic acid groups (broad SMARTS) is 1. The Balaban J connectivity index is 0.000000204. The van der Waals surface area contributed by atoms with E-state index in [1.54, 1.807) is 6.92 Å². The summed E-state index contributed by atoms with van der Waals surface area (Å²) in [5, 5.41) is 8.64. The summed E-state index contributed by atoms with van der Waals surface area (Å²) in [7, 11) is 0. The monoisotopic (exact) mass is 271 g/mol. The maximum atomic E-state index is 10.5. The second-order valence-corrected chi connectivity index (χ2v) is 4.67. The molecule has 106 valence electrons. The Morgan fingerprint density at radius 3 is 1.60 bits per heavy atom. The average Bonchev–Trinajstić information content (AvgIpc) is 2.49. The second-order valence-electron chi connectivity index (χ2n) is 4.67. The minimum atomic E-state index is -0.781. The molecule has 0 saturated carbocycles. The predicted molar refractivity (Wildman–Crippen MR) is 81.5 cm³/mol. The molecule has 0 aliphatic carbocycles. The molecule has 0 fully saturated rings. The first kappa shape index (κ1) is 15.9. The van der Waals surface area contributed by atoms with E-state index in [1.807, 2.05) is 67.6 Å². The first-order valence-electron chi connectivity index (χ1n) is 6.60. The van der Waals surface area contributed by atoms with Crippen LogP contribution in [0.3, 0.4) is 0 Å². The predicted octanol–water partition coefficient (Wildman–Crippen LogP) is 3.58. The van der Waals surface area contributed by atoms with Crippen LogP contribution >= 0.6 is 0 Å². The Hall–Kier alpha value is -2.13. The largest absolute Gasteiger partial charge is 0.481 e. The van der Waals surface area contributed by atoms with Gasteiger partial charge in [0.1, 0.15) is 0 Å². The Morgan fingerprint density at radius 2 is 1.30 bits per heavy atom. The van der Waals surface area contributed by atoms with Gasteiger partial charge in [-0.15, -0.1) is 0 Å². The number of hydrogen-bond donors (Lipinski definition) is 2. The lowest BCUT2D eigenvalue weighted by atomic mass is 10.0. The van der Waals surface area contributed by atoms with Gasteiger partial charge in [0.2, 0.25) is 0 Å². The van der Waals surface area contributed by atoms with Crippen molar-refractivity contribution in [3.8, 4) is 0 Å². The van der Waals surface area contributed by atoms with E-state index in [2.05, 4.69) is 0 Å². The van der Waals surface area contributed by atoms with Crippen LogP contribution in [0.2, 0.25) is 0 Å². The third-order valence-corrected chi connectivity index (χ3v) is 3.00. The van der Waals surface area contributed by atoms with Gasteiger partial charge in [0.15, 0.2) is 0 Å². The van der Waals surface area contributed by atoms with Crippen molar-refractivity contribution in [3.63, 3.8) is 0 Å². The van der Waals surface area contributed by atoms with Gasteiger partial charge in [0.05, 0.1) is 5.92 Å². The molecule has 0 bridgehead atoms. The van der Waals surface area contributed by atoms with E-state index in [1.165, 1.54) is 5.56 Å². The summed E-state index contributed by atoms with van der Waals surface area (Å²) in [6.07, 6.45) is 0. The van der Waals surface area contributed by atoms with Gasteiger partial charge < -0.3 is 10.8 Å². The molecule has 3 nitrogen and oxygen atoms in total. The highest BCUT2D eigenvalue weighted by Crippen LogP contribution is 2.13. The Bertz CT molecular complexity index is 509. The number of carbonyl (C=O) groups is 1. The quantitative estimate of drug-likeness (QED) is 0.896. The molecule has 2 atom stereocenters. The van der Waals surface area contributed by atoms with Gasteiger partial charge in [-0.25, -0.2) is 0 Å². The molecule has 0 radical (unpaired) electrons. The lowest BCUT2D eigenvalue weighted by molar-refractivity contribution is -0.138. The number of aliphatic carboxylic acids is 1. The lowest BCUT2D eigenvalue weighted by Crippen LogP contribution is -2.06. The molecular formula is C17H21NO2. The van der Waals surface area contributed by atoms with Crippen molar-refractivity contribution < 1.29 is 9.90 Å². The summed E-state index contributed by atoms with van der Waals surface area (Å²) >= 11 is 0. The van der Waals surface area contributed by atoms with Crippen LogP contribution in [0.4, 0.5) is 0 Å². The number of nitrogens with two attached hydrogens (primary N) is 1. The van der Waals surface area contributed by atoms with Crippen molar-refractivity contribution in [2.24, 2.45) is 5.73 Å². The van der Waals surface area contributed by atoms with Crippen molar-refractivity contribution >= 4 is 5.97 Å². The van der Waals surface area contributed by atoms with Crippen LogP contribution in [0, 0.1) is 0 Å². The van der Waals surface area contributed by atoms with Crippen LogP contribution in [0.1, 0.15) is 36.9 Å². The molecule has 0 heterocycles. The van der Waals surface area contributed by atoms with Crippen molar-refractivity contribution in [3.05, 3.63) is 71.8 Å². The van der Waals surface area contributed by atoms with Crippen LogP contribution in [0.5, 0.6) is 0 Å². The van der Waals surface area contributed by atoms with E-state index < -0.39 is 11.9 Å². The Morgan fingerprint density at radius 1 is 0.900 bits per heavy atom. The fourth-order valence-corrected chi connectivity index (χ4v) is 1.64. The molecule has 2 aromatic carbocycles. The zero-order chi connectivity index (χ0) is 15.0. The van der Waals surface area contributed by atoms with Crippen molar-refractivity contribution in [2.75, 3.05) is 0 Å². The van der Waals surface area contributed by atoms with E-state index in [4.69, 9.17) is 10.8 Å². The summed E-state index contributed by atoms with van der Waals surface area (Å²) in [4.78, 5) is 10.5. The van der Waals surface area contributed by atoms with Gasteiger partial charge in [0, 0.05) is 6.04 Å². The second kappa shape index (κ2) is 8.12. The summed E-state index contributed by atoms with van der Waals surface area (Å²) in [6, 6.07) is 19.4. The molecule has 0 aromatic heterocycles. The number of hydrogen-bond acceptors (Lipinski definition) is 2. The first-order chi connectivity index (χ1) is 9.52. The fourth-order valence-electron chi connectivity index (χ4n) is 1.64. The van der Waals surface area contributed by atoms with Gasteiger partial charge in [-0.2, -0.15) is 0 Å². The van der Waals surface area contributed by atoms with Crippen LogP contribution in [-0.4, -0.2) is 11.1 Å². The van der Waals surface area contributed by atoms with Crippen molar-refractivity contribution in [1.29, 1.82) is 0 Å². The molecule has 2 rings (SSSR count). The molecule has 0 spiro atoms. The molecule has 20 heavy (non-hydrogen) atoms. The summed E-state index contributed by atoms with van der Waals surface area (Å²) in [5.74, 6) is -1.19. The average molecular weight is 271 g/mol. The minimum Gasteiger partial charge on any atom is -0.481 e. The summed E-state index contributed by atoms with van der Waals surface area (Å²) in [5.41, 5.74) is 7.65. The van der Waals surface area contributed by atoms with E-state index in [0.29, 0.717) is 0 Å².